The fourth-order valence-electron chi connectivity index (χ4n) is 3.39. The monoisotopic (exact) mass is 328 g/mol. The number of halogens is 1. The maximum atomic E-state index is 14.7. The summed E-state index contributed by atoms with van der Waals surface area (Å²) in [4.78, 5) is 14.7. The lowest BCUT2D eigenvalue weighted by Gasteiger charge is -2.37. The summed E-state index contributed by atoms with van der Waals surface area (Å²) in [7, 11) is 0. The summed E-state index contributed by atoms with van der Waals surface area (Å²) >= 11 is 0. The first kappa shape index (κ1) is 18.6. The number of nitrogens with zero attached hydrogens (tertiary/aromatic N) is 2. The lowest BCUT2D eigenvalue weighted by molar-refractivity contribution is -0.135. The van der Waals surface area contributed by atoms with Crippen LogP contribution in [0, 0.1) is 5.41 Å². The Hall–Kier alpha value is -0.720. The third-order valence-corrected chi connectivity index (χ3v) is 4.83. The summed E-state index contributed by atoms with van der Waals surface area (Å²) in [5.74, 6) is -0.0755. The molecule has 1 amide bonds. The highest BCUT2D eigenvalue weighted by Crippen LogP contribution is 2.23. The van der Waals surface area contributed by atoms with Crippen LogP contribution >= 0.6 is 0 Å². The van der Waals surface area contributed by atoms with Crippen molar-refractivity contribution < 1.29 is 9.28 Å². The molecule has 0 aromatic rings. The molecule has 0 bridgehead atoms. The summed E-state index contributed by atoms with van der Waals surface area (Å²) in [6, 6.07) is -0.180. The molecule has 134 valence electrons. The van der Waals surface area contributed by atoms with Crippen molar-refractivity contribution >= 4 is 5.91 Å². The van der Waals surface area contributed by atoms with Gasteiger partial charge in [0.25, 0.3) is 0 Å². The zero-order valence-corrected chi connectivity index (χ0v) is 14.9. The Morgan fingerprint density at radius 3 is 2.57 bits per heavy atom. The molecule has 5 nitrogen and oxygen atoms in total. The largest absolute Gasteiger partial charge is 0.336 e. The first-order valence-corrected chi connectivity index (χ1v) is 9.06. The van der Waals surface area contributed by atoms with E-state index in [9.17, 15) is 9.28 Å². The molecule has 2 rings (SSSR count). The van der Waals surface area contributed by atoms with Crippen LogP contribution in [0.1, 0.15) is 52.9 Å². The Morgan fingerprint density at radius 2 is 2.00 bits per heavy atom. The van der Waals surface area contributed by atoms with Gasteiger partial charge in [0.15, 0.2) is 0 Å². The van der Waals surface area contributed by atoms with E-state index in [4.69, 9.17) is 0 Å². The van der Waals surface area contributed by atoms with Gasteiger partial charge >= 0.3 is 0 Å². The third kappa shape index (κ3) is 5.69. The molecule has 2 N–H and O–H groups in total. The molecular weight excluding hydrogens is 295 g/mol. The van der Waals surface area contributed by atoms with Gasteiger partial charge in [0.1, 0.15) is 6.17 Å². The Kier molecular flexibility index (Phi) is 6.80. The predicted octanol–water partition coefficient (Wildman–Crippen LogP) is 1.90. The van der Waals surface area contributed by atoms with Gasteiger partial charge < -0.3 is 15.5 Å². The van der Waals surface area contributed by atoms with Crippen molar-refractivity contribution in [3.63, 3.8) is 0 Å². The van der Waals surface area contributed by atoms with Crippen molar-refractivity contribution in [2.75, 3.05) is 32.7 Å². The van der Waals surface area contributed by atoms with Crippen molar-refractivity contribution in [2.24, 2.45) is 5.41 Å². The van der Waals surface area contributed by atoms with Crippen LogP contribution in [-0.4, -0.2) is 60.9 Å². The molecule has 2 fully saturated rings. The van der Waals surface area contributed by atoms with Crippen molar-refractivity contribution in [2.45, 2.75) is 65.1 Å². The quantitative estimate of drug-likeness (QED) is 0.577. The maximum Gasteiger partial charge on any atom is 0.238 e. The van der Waals surface area contributed by atoms with Crippen LogP contribution in [0.5, 0.6) is 0 Å². The van der Waals surface area contributed by atoms with E-state index in [0.29, 0.717) is 6.54 Å². The van der Waals surface area contributed by atoms with Gasteiger partial charge in [-0.25, -0.2) is 0 Å². The van der Waals surface area contributed by atoms with Crippen molar-refractivity contribution in [3.05, 3.63) is 0 Å². The Bertz CT molecular complexity index is 373. The lowest BCUT2D eigenvalue weighted by atomic mass is 9.91. The predicted molar refractivity (Wildman–Crippen MR) is 90.5 cm³/mol. The molecule has 0 aromatic carbocycles. The van der Waals surface area contributed by atoms with Gasteiger partial charge in [0.05, 0.1) is 6.04 Å². The summed E-state index contributed by atoms with van der Waals surface area (Å²) in [6.07, 6.45) is 4.82. The van der Waals surface area contributed by atoms with Crippen molar-refractivity contribution in [3.8, 4) is 0 Å². The van der Waals surface area contributed by atoms with E-state index in [1.165, 1.54) is 12.8 Å². The van der Waals surface area contributed by atoms with E-state index >= 15 is 0 Å². The van der Waals surface area contributed by atoms with Crippen LogP contribution in [0.15, 0.2) is 0 Å². The van der Waals surface area contributed by atoms with Gasteiger partial charge in [-0.2, -0.15) is 0 Å². The summed E-state index contributed by atoms with van der Waals surface area (Å²) in [5.41, 5.74) is -0.357. The Morgan fingerprint density at radius 1 is 1.30 bits per heavy atom. The van der Waals surface area contributed by atoms with Gasteiger partial charge in [-0.3, -0.25) is 4.79 Å². The van der Waals surface area contributed by atoms with Crippen LogP contribution in [0.4, 0.5) is 4.48 Å². The van der Waals surface area contributed by atoms with Crippen LogP contribution in [0.2, 0.25) is 0 Å². The van der Waals surface area contributed by atoms with Gasteiger partial charge in [0, 0.05) is 13.1 Å². The van der Waals surface area contributed by atoms with E-state index in [-0.39, 0.29) is 17.4 Å². The Labute approximate surface area is 139 Å². The molecule has 0 saturated carbocycles. The van der Waals surface area contributed by atoms with E-state index in [2.05, 4.69) is 15.5 Å². The van der Waals surface area contributed by atoms with Crippen molar-refractivity contribution in [1.29, 1.82) is 0 Å². The second-order valence-corrected chi connectivity index (χ2v) is 7.95. The number of nitrogens with one attached hydrogen (secondary N) is 2. The molecule has 0 spiro atoms. The highest BCUT2D eigenvalue weighted by Gasteiger charge is 2.34. The number of piperidine rings is 1. The fourth-order valence-corrected chi connectivity index (χ4v) is 3.39. The van der Waals surface area contributed by atoms with E-state index < -0.39 is 6.17 Å². The second-order valence-electron chi connectivity index (χ2n) is 7.95. The molecule has 0 radical (unpaired) electrons. The average Bonchev–Trinajstić information content (AvgIpc) is 3.03. The zero-order chi connectivity index (χ0) is 16.9. The van der Waals surface area contributed by atoms with E-state index in [0.717, 1.165) is 50.6 Å². The number of hydrogen-bond donors (Lipinski definition) is 2. The standard InChI is InChI=1S/C17H33FN4O/c1-17(2,3)16(20-15(23)14-8-4-5-9-19-14)22(18)13-12-21-10-6-7-11-21/h14,16,19H,4-13H2,1-3H3,(H,20,23). The molecule has 23 heavy (non-hydrogen) atoms. The third-order valence-electron chi connectivity index (χ3n) is 4.83. The first-order chi connectivity index (χ1) is 10.9. The topological polar surface area (TPSA) is 47.6 Å². The zero-order valence-electron chi connectivity index (χ0n) is 14.9. The van der Waals surface area contributed by atoms with E-state index in [1.807, 2.05) is 20.8 Å². The number of rotatable bonds is 6. The van der Waals surface area contributed by atoms with Crippen LogP contribution in [0.25, 0.3) is 0 Å². The number of hydrogen-bond acceptors (Lipinski definition) is 4. The fraction of sp³-hybridized carbons (Fsp3) is 0.941. The first-order valence-electron chi connectivity index (χ1n) is 9.06. The van der Waals surface area contributed by atoms with Gasteiger partial charge in [-0.05, 0) is 50.7 Å². The Balaban J connectivity index is 1.88. The summed E-state index contributed by atoms with van der Waals surface area (Å²) in [6.45, 7) is 9.95. The molecule has 6 heteroatoms. The summed E-state index contributed by atoms with van der Waals surface area (Å²) < 4.78 is 14.7. The molecule has 2 aliphatic heterocycles. The highest BCUT2D eigenvalue weighted by atomic mass is 19.2. The molecule has 2 unspecified atom stereocenters. The van der Waals surface area contributed by atoms with E-state index in [1.54, 1.807) is 0 Å². The minimum atomic E-state index is -0.596. The summed E-state index contributed by atoms with van der Waals surface area (Å²) in [5, 5.41) is 6.98. The highest BCUT2D eigenvalue weighted by molar-refractivity contribution is 5.82. The van der Waals surface area contributed by atoms with Gasteiger partial charge in [0.2, 0.25) is 5.91 Å². The van der Waals surface area contributed by atoms with Gasteiger partial charge in [-0.15, -0.1) is 9.60 Å². The van der Waals surface area contributed by atoms with Gasteiger partial charge in [-0.1, -0.05) is 27.2 Å². The molecule has 2 atom stereocenters. The maximum absolute atomic E-state index is 14.7. The van der Waals surface area contributed by atoms with Crippen LogP contribution in [-0.2, 0) is 4.79 Å². The lowest BCUT2D eigenvalue weighted by Crippen LogP contribution is -2.58. The molecule has 2 aliphatic rings. The minimum Gasteiger partial charge on any atom is -0.336 e. The minimum absolute atomic E-state index is 0.0755. The number of carbonyl (C=O) groups is 1. The molecule has 0 aliphatic carbocycles. The second kappa shape index (κ2) is 8.40. The molecule has 2 heterocycles. The van der Waals surface area contributed by atoms with Crippen LogP contribution in [0.3, 0.4) is 0 Å². The number of likely N-dealkylation sites (tertiary alicyclic amines) is 1. The normalized spacial score (nSPS) is 24.8. The van der Waals surface area contributed by atoms with Crippen LogP contribution < -0.4 is 10.6 Å². The number of amides is 1. The SMILES string of the molecule is CC(C)(C)C(NC(=O)C1CCCCN1)N(F)CCN1CCCC1. The number of carbonyl (C=O) groups excluding carboxylic acids is 1. The molecule has 2 saturated heterocycles. The van der Waals surface area contributed by atoms with Crippen molar-refractivity contribution in [1.82, 2.24) is 20.7 Å². The molecule has 0 aromatic heterocycles. The average molecular weight is 328 g/mol. The molecular formula is C17H33FN4O. The smallest absolute Gasteiger partial charge is 0.238 e.